The lowest BCUT2D eigenvalue weighted by Gasteiger charge is -2.11. The molecule has 0 fully saturated rings. The molecule has 1 amide bonds. The lowest BCUT2D eigenvalue weighted by molar-refractivity contribution is 0.0905. The summed E-state index contributed by atoms with van der Waals surface area (Å²) >= 11 is 6.06. The zero-order valence-corrected chi connectivity index (χ0v) is 14.4. The van der Waals surface area contributed by atoms with Crippen molar-refractivity contribution < 1.29 is 14.3 Å². The Morgan fingerprint density at radius 1 is 1.32 bits per heavy atom. The van der Waals surface area contributed by atoms with Gasteiger partial charge >= 0.3 is 0 Å². The van der Waals surface area contributed by atoms with E-state index in [1.54, 1.807) is 6.07 Å². The van der Waals surface area contributed by atoms with Crippen LogP contribution in [0.25, 0.3) is 0 Å². The Morgan fingerprint density at radius 3 is 2.64 bits per heavy atom. The van der Waals surface area contributed by atoms with Crippen LogP contribution in [0.2, 0.25) is 5.02 Å². The molecule has 1 N–H and O–H groups in total. The van der Waals surface area contributed by atoms with Gasteiger partial charge in [-0.15, -0.1) is 0 Å². The molecule has 1 aromatic rings. The van der Waals surface area contributed by atoms with Crippen molar-refractivity contribution in [1.82, 2.24) is 10.3 Å². The molecular formula is C16H25ClN2O3. The number of amides is 1. The average molecular weight is 329 g/mol. The number of nitrogens with zero attached hydrogens (tertiary/aromatic N) is 1. The van der Waals surface area contributed by atoms with E-state index in [-0.39, 0.29) is 12.0 Å². The fraction of sp³-hybridized carbons (Fsp3) is 0.625. The van der Waals surface area contributed by atoms with Crippen molar-refractivity contribution in [2.75, 3.05) is 19.8 Å². The van der Waals surface area contributed by atoms with Gasteiger partial charge in [-0.3, -0.25) is 4.79 Å². The quantitative estimate of drug-likeness (QED) is 0.706. The van der Waals surface area contributed by atoms with Crippen LogP contribution in [0.3, 0.4) is 0 Å². The molecule has 5 nitrogen and oxygen atoms in total. The van der Waals surface area contributed by atoms with Crippen molar-refractivity contribution in [3.8, 4) is 5.88 Å². The Hall–Kier alpha value is -1.33. The number of carbonyl (C=O) groups is 1. The highest BCUT2D eigenvalue weighted by Gasteiger charge is 2.11. The number of aromatic nitrogens is 1. The highest BCUT2D eigenvalue weighted by atomic mass is 35.5. The van der Waals surface area contributed by atoms with Crippen LogP contribution in [0.15, 0.2) is 12.3 Å². The van der Waals surface area contributed by atoms with Crippen LogP contribution in [0, 0.1) is 5.92 Å². The first-order chi connectivity index (χ1) is 10.4. The molecule has 0 unspecified atom stereocenters. The molecule has 0 spiro atoms. The third kappa shape index (κ3) is 7.09. The fourth-order valence-electron chi connectivity index (χ4n) is 1.62. The van der Waals surface area contributed by atoms with Crippen molar-refractivity contribution in [3.05, 3.63) is 22.8 Å². The first kappa shape index (κ1) is 18.7. The summed E-state index contributed by atoms with van der Waals surface area (Å²) in [7, 11) is 0. The van der Waals surface area contributed by atoms with E-state index in [9.17, 15) is 4.79 Å². The van der Waals surface area contributed by atoms with E-state index < -0.39 is 0 Å². The monoisotopic (exact) mass is 328 g/mol. The van der Waals surface area contributed by atoms with Gasteiger partial charge in [0.2, 0.25) is 5.88 Å². The molecule has 0 aliphatic carbocycles. The van der Waals surface area contributed by atoms with Crippen LogP contribution in [0.5, 0.6) is 5.88 Å². The van der Waals surface area contributed by atoms with Crippen molar-refractivity contribution in [2.24, 2.45) is 5.92 Å². The van der Waals surface area contributed by atoms with E-state index in [0.717, 1.165) is 6.42 Å². The summed E-state index contributed by atoms with van der Waals surface area (Å²) in [5.41, 5.74) is 0.406. The molecule has 0 saturated carbocycles. The number of hydrogen-bond donors (Lipinski definition) is 1. The highest BCUT2D eigenvalue weighted by Crippen LogP contribution is 2.23. The maximum absolute atomic E-state index is 12.0. The second-order valence-electron chi connectivity index (χ2n) is 5.73. The molecule has 0 saturated heterocycles. The smallest absolute Gasteiger partial charge is 0.252 e. The Balaban J connectivity index is 2.38. The largest absolute Gasteiger partial charge is 0.474 e. The van der Waals surface area contributed by atoms with Crippen molar-refractivity contribution >= 4 is 17.5 Å². The minimum Gasteiger partial charge on any atom is -0.474 e. The topological polar surface area (TPSA) is 60.5 Å². The maximum atomic E-state index is 12.0. The third-order valence-corrected chi connectivity index (χ3v) is 3.06. The van der Waals surface area contributed by atoms with E-state index in [1.807, 2.05) is 13.8 Å². The molecule has 0 aliphatic heterocycles. The van der Waals surface area contributed by atoms with Gasteiger partial charge in [0, 0.05) is 19.3 Å². The van der Waals surface area contributed by atoms with E-state index in [4.69, 9.17) is 21.1 Å². The molecule has 0 aliphatic rings. The zero-order chi connectivity index (χ0) is 16.5. The van der Waals surface area contributed by atoms with Gasteiger partial charge in [0.1, 0.15) is 5.02 Å². The second-order valence-corrected chi connectivity index (χ2v) is 6.14. The predicted octanol–water partition coefficient (Wildman–Crippen LogP) is 3.31. The van der Waals surface area contributed by atoms with Gasteiger partial charge in [-0.1, -0.05) is 25.4 Å². The number of hydrogen-bond acceptors (Lipinski definition) is 4. The van der Waals surface area contributed by atoms with Crippen molar-refractivity contribution in [2.45, 2.75) is 40.2 Å². The summed E-state index contributed by atoms with van der Waals surface area (Å²) in [6.07, 6.45) is 2.45. The van der Waals surface area contributed by atoms with Gasteiger partial charge in [-0.25, -0.2) is 4.98 Å². The molecule has 0 aromatic carbocycles. The number of rotatable bonds is 9. The van der Waals surface area contributed by atoms with Gasteiger partial charge in [0.25, 0.3) is 5.91 Å². The molecule has 0 radical (unpaired) electrons. The molecular weight excluding hydrogens is 304 g/mol. The van der Waals surface area contributed by atoms with Gasteiger partial charge in [-0.2, -0.15) is 0 Å². The standard InChI is InChI=1S/C16H25ClN2O3/c1-11(2)5-7-21-8-6-18-15(20)13-9-14(17)16(19-10-13)22-12(3)4/h9-12H,5-8H2,1-4H3,(H,18,20). The van der Waals surface area contributed by atoms with E-state index in [2.05, 4.69) is 24.1 Å². The average Bonchev–Trinajstić information content (AvgIpc) is 2.43. The normalized spacial score (nSPS) is 11.0. The van der Waals surface area contributed by atoms with E-state index in [0.29, 0.717) is 42.1 Å². The summed E-state index contributed by atoms with van der Waals surface area (Å²) in [6, 6.07) is 1.56. The van der Waals surface area contributed by atoms with Gasteiger partial charge in [0.05, 0.1) is 18.3 Å². The third-order valence-electron chi connectivity index (χ3n) is 2.79. The Bertz CT molecular complexity index is 478. The highest BCUT2D eigenvalue weighted by molar-refractivity contribution is 6.32. The Labute approximate surface area is 137 Å². The minimum atomic E-state index is -0.224. The summed E-state index contributed by atoms with van der Waals surface area (Å²) in [6.45, 7) is 9.73. The number of carbonyl (C=O) groups excluding carboxylic acids is 1. The lowest BCUT2D eigenvalue weighted by atomic mass is 10.1. The summed E-state index contributed by atoms with van der Waals surface area (Å²) in [4.78, 5) is 16.0. The number of nitrogens with one attached hydrogen (secondary N) is 1. The van der Waals surface area contributed by atoms with Crippen molar-refractivity contribution in [3.63, 3.8) is 0 Å². The first-order valence-corrected chi connectivity index (χ1v) is 7.96. The second kappa shape index (κ2) is 9.64. The molecule has 1 rings (SSSR count). The molecule has 124 valence electrons. The Morgan fingerprint density at radius 2 is 2.05 bits per heavy atom. The molecule has 1 heterocycles. The molecule has 1 aromatic heterocycles. The number of pyridine rings is 1. The summed E-state index contributed by atoms with van der Waals surface area (Å²) in [5.74, 6) is 0.734. The Kier molecular flexibility index (Phi) is 8.20. The maximum Gasteiger partial charge on any atom is 0.252 e. The minimum absolute atomic E-state index is 0.0207. The van der Waals surface area contributed by atoms with Crippen LogP contribution in [-0.4, -0.2) is 36.8 Å². The van der Waals surface area contributed by atoms with Crippen LogP contribution in [0.4, 0.5) is 0 Å². The fourth-order valence-corrected chi connectivity index (χ4v) is 1.83. The summed E-state index contributed by atoms with van der Waals surface area (Å²) in [5, 5.41) is 3.10. The van der Waals surface area contributed by atoms with Crippen LogP contribution >= 0.6 is 11.6 Å². The van der Waals surface area contributed by atoms with Crippen LogP contribution < -0.4 is 10.1 Å². The predicted molar refractivity (Wildman–Crippen MR) is 87.6 cm³/mol. The SMILES string of the molecule is CC(C)CCOCCNC(=O)c1cnc(OC(C)C)c(Cl)c1. The van der Waals surface area contributed by atoms with E-state index >= 15 is 0 Å². The van der Waals surface area contributed by atoms with Gasteiger partial charge in [0.15, 0.2) is 0 Å². The summed E-state index contributed by atoms with van der Waals surface area (Å²) < 4.78 is 10.9. The molecule has 6 heteroatoms. The number of halogens is 1. The van der Waals surface area contributed by atoms with Crippen LogP contribution in [0.1, 0.15) is 44.5 Å². The molecule has 0 bridgehead atoms. The molecule has 0 atom stereocenters. The van der Waals surface area contributed by atoms with Crippen LogP contribution in [-0.2, 0) is 4.74 Å². The first-order valence-electron chi connectivity index (χ1n) is 7.58. The van der Waals surface area contributed by atoms with Gasteiger partial charge < -0.3 is 14.8 Å². The lowest BCUT2D eigenvalue weighted by Crippen LogP contribution is -2.27. The molecule has 22 heavy (non-hydrogen) atoms. The van der Waals surface area contributed by atoms with Gasteiger partial charge in [-0.05, 0) is 32.3 Å². The van der Waals surface area contributed by atoms with E-state index in [1.165, 1.54) is 6.20 Å². The zero-order valence-electron chi connectivity index (χ0n) is 13.7. The number of ether oxygens (including phenoxy) is 2. The van der Waals surface area contributed by atoms with Crippen molar-refractivity contribution in [1.29, 1.82) is 0 Å².